The van der Waals surface area contributed by atoms with E-state index in [1.807, 2.05) is 0 Å². The second-order valence-corrected chi connectivity index (χ2v) is 5.57. The molecule has 2 rings (SSSR count). The molecule has 1 unspecified atom stereocenters. The maximum Gasteiger partial charge on any atom is 0.513 e. The molecule has 0 aliphatic heterocycles. The number of carbonyl (C=O) groups excluding carboxylic acids is 2. The molecule has 26 heavy (non-hydrogen) atoms. The molecule has 1 N–H and O–H groups in total. The summed E-state index contributed by atoms with van der Waals surface area (Å²) in [6.45, 7) is 5.36. The predicted molar refractivity (Wildman–Crippen MR) is 95.5 cm³/mol. The van der Waals surface area contributed by atoms with E-state index < -0.39 is 18.2 Å². The Balaban J connectivity index is 2.29. The maximum atomic E-state index is 12.4. The number of anilines is 1. The quantitative estimate of drug-likeness (QED) is 0.707. The van der Waals surface area contributed by atoms with Crippen LogP contribution in [0.25, 0.3) is 0 Å². The van der Waals surface area contributed by atoms with Crippen molar-refractivity contribution in [1.82, 2.24) is 0 Å². The summed E-state index contributed by atoms with van der Waals surface area (Å²) in [6, 6.07) is 7.44. The van der Waals surface area contributed by atoms with Crippen molar-refractivity contribution in [3.05, 3.63) is 46.9 Å². The maximum absolute atomic E-state index is 12.4. The van der Waals surface area contributed by atoms with Gasteiger partial charge in [0.25, 0.3) is 0 Å². The zero-order valence-corrected chi connectivity index (χ0v) is 15.5. The number of nitrogens with one attached hydrogen (secondary N) is 1. The number of ether oxygens (including phenoxy) is 3. The van der Waals surface area contributed by atoms with Crippen molar-refractivity contribution in [2.45, 2.75) is 26.8 Å². The lowest BCUT2D eigenvalue weighted by atomic mass is 10.2. The van der Waals surface area contributed by atoms with Gasteiger partial charge in [-0.1, -0.05) is 23.7 Å². The second-order valence-electron chi connectivity index (χ2n) is 5.16. The number of hydrogen-bond donors (Lipinski definition) is 1. The van der Waals surface area contributed by atoms with Crippen molar-refractivity contribution in [1.29, 1.82) is 0 Å². The number of esters is 1. The van der Waals surface area contributed by atoms with Crippen LogP contribution in [0.1, 0.15) is 31.4 Å². The molecular formula is C18H20ClNO6. The van der Waals surface area contributed by atoms with Crippen LogP contribution in [0.4, 0.5) is 10.5 Å². The van der Waals surface area contributed by atoms with Gasteiger partial charge in [-0.25, -0.2) is 9.59 Å². The Bertz CT molecular complexity index is 773. The van der Waals surface area contributed by atoms with Crippen molar-refractivity contribution in [3.63, 3.8) is 0 Å². The number of rotatable bonds is 7. The zero-order valence-electron chi connectivity index (χ0n) is 14.7. The molecule has 2 aromatic rings. The second kappa shape index (κ2) is 9.15. The normalized spacial score (nSPS) is 11.5. The average molecular weight is 382 g/mol. The molecule has 0 aliphatic carbocycles. The molecule has 140 valence electrons. The van der Waals surface area contributed by atoms with E-state index in [1.54, 1.807) is 45.0 Å². The molecule has 8 heteroatoms. The lowest BCUT2D eigenvalue weighted by Crippen LogP contribution is -2.23. The van der Waals surface area contributed by atoms with E-state index in [0.717, 1.165) is 0 Å². The summed E-state index contributed by atoms with van der Waals surface area (Å²) >= 11 is 6.15. The Kier molecular flexibility index (Phi) is 6.91. The molecule has 7 nitrogen and oxygen atoms in total. The van der Waals surface area contributed by atoms with Crippen LogP contribution in [-0.4, -0.2) is 25.3 Å². The van der Waals surface area contributed by atoms with E-state index in [1.165, 1.54) is 6.07 Å². The van der Waals surface area contributed by atoms with Gasteiger partial charge in [0.05, 0.1) is 23.9 Å². The molecular weight excluding hydrogens is 362 g/mol. The third-order valence-corrected chi connectivity index (χ3v) is 3.66. The standard InChI is InChI=1S/C18H20ClNO6/c1-4-23-17(21)16(20-13-9-7-6-8-12(13)19)15-10-14(11(3)25-15)26-18(22)24-5-2/h6-10,16,20H,4-5H2,1-3H3. The van der Waals surface area contributed by atoms with Crippen molar-refractivity contribution < 1.29 is 28.2 Å². The van der Waals surface area contributed by atoms with E-state index in [-0.39, 0.29) is 24.7 Å². The third kappa shape index (κ3) is 4.92. The highest BCUT2D eigenvalue weighted by Crippen LogP contribution is 2.32. The van der Waals surface area contributed by atoms with Gasteiger partial charge in [0.2, 0.25) is 0 Å². The van der Waals surface area contributed by atoms with Crippen molar-refractivity contribution in [2.75, 3.05) is 18.5 Å². The van der Waals surface area contributed by atoms with E-state index in [4.69, 9.17) is 30.2 Å². The summed E-state index contributed by atoms with van der Waals surface area (Å²) in [5.41, 5.74) is 0.536. The largest absolute Gasteiger partial charge is 0.513 e. The fraction of sp³-hybridized carbons (Fsp3) is 0.333. The van der Waals surface area contributed by atoms with Gasteiger partial charge in [0, 0.05) is 6.07 Å². The molecule has 1 aromatic heterocycles. The Morgan fingerprint density at radius 3 is 2.54 bits per heavy atom. The number of carbonyl (C=O) groups is 2. The summed E-state index contributed by atoms with van der Waals surface area (Å²) in [7, 11) is 0. The molecule has 0 saturated heterocycles. The molecule has 1 heterocycles. The highest BCUT2D eigenvalue weighted by molar-refractivity contribution is 6.33. The molecule has 1 atom stereocenters. The van der Waals surface area contributed by atoms with Gasteiger partial charge in [-0.2, -0.15) is 0 Å². The predicted octanol–water partition coefficient (Wildman–Crippen LogP) is 4.49. The lowest BCUT2D eigenvalue weighted by Gasteiger charge is -2.17. The van der Waals surface area contributed by atoms with E-state index in [2.05, 4.69) is 5.32 Å². The first-order valence-corrected chi connectivity index (χ1v) is 8.46. The minimum absolute atomic E-state index is 0.161. The van der Waals surface area contributed by atoms with Gasteiger partial charge >= 0.3 is 12.1 Å². The number of furan rings is 1. The molecule has 0 saturated carbocycles. The van der Waals surface area contributed by atoms with Crippen molar-refractivity contribution in [2.24, 2.45) is 0 Å². The molecule has 0 aliphatic rings. The molecule has 0 bridgehead atoms. The molecule has 0 radical (unpaired) electrons. The SMILES string of the molecule is CCOC(=O)Oc1cc(C(Nc2ccccc2Cl)C(=O)OCC)oc1C. The van der Waals surface area contributed by atoms with Gasteiger partial charge in [-0.05, 0) is 32.9 Å². The van der Waals surface area contributed by atoms with E-state index in [0.29, 0.717) is 16.5 Å². The average Bonchev–Trinajstić information content (AvgIpc) is 2.94. The van der Waals surface area contributed by atoms with Crippen LogP contribution in [0.5, 0.6) is 5.75 Å². The van der Waals surface area contributed by atoms with E-state index in [9.17, 15) is 9.59 Å². The van der Waals surface area contributed by atoms with Gasteiger partial charge in [-0.3, -0.25) is 0 Å². The summed E-state index contributed by atoms with van der Waals surface area (Å²) < 4.78 is 20.5. The number of hydrogen-bond acceptors (Lipinski definition) is 7. The summed E-state index contributed by atoms with van der Waals surface area (Å²) in [4.78, 5) is 23.9. The van der Waals surface area contributed by atoms with Crippen LogP contribution in [-0.2, 0) is 14.3 Å². The molecule has 0 amide bonds. The van der Waals surface area contributed by atoms with Crippen LogP contribution in [0, 0.1) is 6.92 Å². The number of para-hydroxylation sites is 1. The van der Waals surface area contributed by atoms with E-state index >= 15 is 0 Å². The Morgan fingerprint density at radius 2 is 1.88 bits per heavy atom. The first-order valence-electron chi connectivity index (χ1n) is 8.08. The fourth-order valence-corrected chi connectivity index (χ4v) is 2.36. The van der Waals surface area contributed by atoms with Crippen LogP contribution >= 0.6 is 11.6 Å². The monoisotopic (exact) mass is 381 g/mol. The third-order valence-electron chi connectivity index (χ3n) is 3.33. The first-order chi connectivity index (χ1) is 12.5. The number of benzene rings is 1. The molecule has 1 aromatic carbocycles. The lowest BCUT2D eigenvalue weighted by molar-refractivity contribution is -0.144. The van der Waals surface area contributed by atoms with Crippen LogP contribution < -0.4 is 10.1 Å². The van der Waals surface area contributed by atoms with Gasteiger partial charge in [-0.15, -0.1) is 0 Å². The Hall–Kier alpha value is -2.67. The molecule has 0 fully saturated rings. The minimum Gasteiger partial charge on any atom is -0.464 e. The van der Waals surface area contributed by atoms with Crippen LogP contribution in [0.2, 0.25) is 5.02 Å². The van der Waals surface area contributed by atoms with Gasteiger partial charge < -0.3 is 23.9 Å². The first kappa shape index (κ1) is 19.7. The minimum atomic E-state index is -0.965. The van der Waals surface area contributed by atoms with Gasteiger partial charge in [0.1, 0.15) is 11.5 Å². The zero-order chi connectivity index (χ0) is 19.1. The highest BCUT2D eigenvalue weighted by Gasteiger charge is 2.28. The fourth-order valence-electron chi connectivity index (χ4n) is 2.17. The molecule has 0 spiro atoms. The van der Waals surface area contributed by atoms with Crippen molar-refractivity contribution in [3.8, 4) is 5.75 Å². The van der Waals surface area contributed by atoms with Crippen LogP contribution in [0.15, 0.2) is 34.7 Å². The van der Waals surface area contributed by atoms with Crippen LogP contribution in [0.3, 0.4) is 0 Å². The summed E-state index contributed by atoms with van der Waals surface area (Å²) in [5, 5.41) is 3.43. The van der Waals surface area contributed by atoms with Gasteiger partial charge in [0.15, 0.2) is 11.8 Å². The Labute approximate surface area is 156 Å². The number of aryl methyl sites for hydroxylation is 1. The Morgan fingerprint density at radius 1 is 1.19 bits per heavy atom. The summed E-state index contributed by atoms with van der Waals surface area (Å²) in [6.07, 6.45) is -0.852. The van der Waals surface area contributed by atoms with Crippen molar-refractivity contribution >= 4 is 29.4 Å². The number of halogens is 1. The highest BCUT2D eigenvalue weighted by atomic mass is 35.5. The summed E-state index contributed by atoms with van der Waals surface area (Å²) in [5.74, 6) is 0.154. The topological polar surface area (TPSA) is 87.0 Å². The smallest absolute Gasteiger partial charge is 0.464 e.